The number of halogens is 1. The second kappa shape index (κ2) is 11.3. The number of carbonyl (C=O) groups excluding carboxylic acids is 3. The van der Waals surface area contributed by atoms with E-state index in [0.29, 0.717) is 11.4 Å². The van der Waals surface area contributed by atoms with Gasteiger partial charge in [-0.1, -0.05) is 43.3 Å². The van der Waals surface area contributed by atoms with Gasteiger partial charge >= 0.3 is 5.97 Å². The Hall–Kier alpha value is -3.20. The molecule has 9 heteroatoms. The first-order valence-corrected chi connectivity index (χ1v) is 11.2. The highest BCUT2D eigenvalue weighted by molar-refractivity contribution is 6.12. The number of ketones is 2. The number of hydrogen-bond acceptors (Lipinski definition) is 8. The van der Waals surface area contributed by atoms with Gasteiger partial charge in [0.05, 0.1) is 18.7 Å². The van der Waals surface area contributed by atoms with Crippen molar-refractivity contribution < 1.29 is 33.1 Å². The minimum atomic E-state index is -1.34. The summed E-state index contributed by atoms with van der Waals surface area (Å²) < 4.78 is 23.0. The summed E-state index contributed by atoms with van der Waals surface area (Å²) in [6, 6.07) is 9.57. The monoisotopic (exact) mass is 472 g/mol. The molecule has 0 unspecified atom stereocenters. The highest BCUT2D eigenvalue weighted by atomic mass is 19.1. The minimum Gasteiger partial charge on any atom is -0.463 e. The first-order chi connectivity index (χ1) is 16.3. The second-order valence-electron chi connectivity index (χ2n) is 8.57. The van der Waals surface area contributed by atoms with Gasteiger partial charge in [0.1, 0.15) is 19.0 Å². The van der Waals surface area contributed by atoms with Gasteiger partial charge in [-0.25, -0.2) is 4.39 Å². The number of hydrogen-bond donors (Lipinski definition) is 0. The van der Waals surface area contributed by atoms with Crippen LogP contribution in [0.3, 0.4) is 0 Å². The molecule has 182 valence electrons. The van der Waals surface area contributed by atoms with Crippen LogP contribution in [0.1, 0.15) is 38.8 Å². The van der Waals surface area contributed by atoms with Gasteiger partial charge in [-0.15, -0.1) is 0 Å². The fourth-order valence-electron chi connectivity index (χ4n) is 4.01. The number of rotatable bonds is 12. The minimum absolute atomic E-state index is 0.00803. The van der Waals surface area contributed by atoms with E-state index in [4.69, 9.17) is 14.3 Å². The molecular formula is C25H29FN2O6. The van der Waals surface area contributed by atoms with Crippen LogP contribution >= 0.6 is 0 Å². The van der Waals surface area contributed by atoms with E-state index >= 15 is 0 Å². The van der Waals surface area contributed by atoms with E-state index in [1.165, 1.54) is 7.11 Å². The number of oxime groups is 1. The van der Waals surface area contributed by atoms with Crippen LogP contribution in [0.4, 0.5) is 4.39 Å². The van der Waals surface area contributed by atoms with Crippen LogP contribution in [-0.4, -0.2) is 60.8 Å². The predicted molar refractivity (Wildman–Crippen MR) is 123 cm³/mol. The number of methoxy groups -OCH3 is 1. The van der Waals surface area contributed by atoms with Gasteiger partial charge in [0.2, 0.25) is 5.60 Å². The Balaban J connectivity index is 1.79. The number of nitrogens with zero attached hydrogens (tertiary/aromatic N) is 2. The Morgan fingerprint density at radius 3 is 2.62 bits per heavy atom. The topological polar surface area (TPSA) is 104 Å². The van der Waals surface area contributed by atoms with E-state index in [0.717, 1.165) is 10.8 Å². The lowest BCUT2D eigenvalue weighted by molar-refractivity contribution is -0.152. The van der Waals surface area contributed by atoms with Crippen LogP contribution in [0.25, 0.3) is 10.8 Å². The number of alkyl halides is 1. The maximum Gasteiger partial charge on any atom is 0.306 e. The predicted octanol–water partition coefficient (Wildman–Crippen LogP) is 3.45. The van der Waals surface area contributed by atoms with Crippen LogP contribution in [0.5, 0.6) is 0 Å². The number of carbonyl (C=O) groups is 3. The van der Waals surface area contributed by atoms with Crippen molar-refractivity contribution in [3.63, 3.8) is 0 Å². The zero-order chi connectivity index (χ0) is 24.7. The summed E-state index contributed by atoms with van der Waals surface area (Å²) in [7, 11) is 1.46. The zero-order valence-corrected chi connectivity index (χ0v) is 19.6. The van der Waals surface area contributed by atoms with E-state index in [2.05, 4.69) is 10.1 Å². The molecule has 1 aromatic heterocycles. The first-order valence-electron chi connectivity index (χ1n) is 11.2. The quantitative estimate of drug-likeness (QED) is 0.344. The molecule has 0 aliphatic carbocycles. The fraction of sp³-hybridized carbons (Fsp3) is 0.480. The molecule has 1 aliphatic heterocycles. The van der Waals surface area contributed by atoms with Crippen LogP contribution in [0, 0.1) is 11.8 Å². The van der Waals surface area contributed by atoms with Crippen molar-refractivity contribution in [3.8, 4) is 0 Å². The van der Waals surface area contributed by atoms with Gasteiger partial charge < -0.3 is 14.3 Å². The highest BCUT2D eigenvalue weighted by Gasteiger charge is 2.50. The lowest BCUT2D eigenvalue weighted by atomic mass is 9.77. The van der Waals surface area contributed by atoms with Crippen molar-refractivity contribution >= 4 is 34.0 Å². The summed E-state index contributed by atoms with van der Waals surface area (Å²) in [4.78, 5) is 47.9. The lowest BCUT2D eigenvalue weighted by Gasteiger charge is -2.30. The van der Waals surface area contributed by atoms with Gasteiger partial charge in [-0.3, -0.25) is 19.4 Å². The number of fused-ring (bicyclic) bond motifs is 1. The molecule has 0 radical (unpaired) electrons. The molecule has 2 heterocycles. The average molecular weight is 473 g/mol. The summed E-state index contributed by atoms with van der Waals surface area (Å²) in [5.74, 6) is -3.39. The Morgan fingerprint density at radius 1 is 1.15 bits per heavy atom. The third-order valence-electron chi connectivity index (χ3n) is 6.08. The molecule has 0 spiro atoms. The van der Waals surface area contributed by atoms with Crippen LogP contribution < -0.4 is 0 Å². The van der Waals surface area contributed by atoms with E-state index in [1.54, 1.807) is 6.20 Å². The molecule has 2 atom stereocenters. The summed E-state index contributed by atoms with van der Waals surface area (Å²) in [6.45, 7) is 2.56. The molecule has 34 heavy (non-hydrogen) atoms. The largest absolute Gasteiger partial charge is 0.463 e. The Morgan fingerprint density at radius 2 is 1.91 bits per heavy atom. The number of esters is 1. The smallest absolute Gasteiger partial charge is 0.306 e. The standard InChI is InChI=1S/C25H29FN2O6/c1-16(2)25(22(30)12-18(21(29)15-26)13-23(31)33-11-10-32-3)14-20(28-34-25)24-19-7-5-4-6-17(19)8-9-27-24/h4-9,16,18H,10-15H2,1-3H3/t18-,25+/m0/s1. The summed E-state index contributed by atoms with van der Waals surface area (Å²) in [6.07, 6.45) is 1.07. The maximum atomic E-state index is 13.5. The van der Waals surface area contributed by atoms with Crippen molar-refractivity contribution in [1.29, 1.82) is 0 Å². The number of ether oxygens (including phenoxy) is 2. The number of pyridine rings is 1. The molecule has 0 amide bonds. The van der Waals surface area contributed by atoms with E-state index < -0.39 is 42.2 Å². The summed E-state index contributed by atoms with van der Waals surface area (Å²) in [5.41, 5.74) is -0.208. The Kier molecular flexibility index (Phi) is 8.44. The van der Waals surface area contributed by atoms with E-state index in [-0.39, 0.29) is 32.0 Å². The van der Waals surface area contributed by atoms with Crippen molar-refractivity contribution in [2.75, 3.05) is 27.0 Å². The summed E-state index contributed by atoms with van der Waals surface area (Å²) >= 11 is 0. The van der Waals surface area contributed by atoms with Gasteiger partial charge in [0.25, 0.3) is 0 Å². The molecule has 0 saturated heterocycles. The molecule has 1 aromatic carbocycles. The van der Waals surface area contributed by atoms with Crippen LogP contribution in [0.15, 0.2) is 41.7 Å². The normalized spacial score (nSPS) is 18.4. The lowest BCUT2D eigenvalue weighted by Crippen LogP contribution is -2.45. The van der Waals surface area contributed by atoms with Crippen LogP contribution in [0.2, 0.25) is 0 Å². The Labute approximate surface area is 197 Å². The number of Topliss-reactive ketones (excluding diaryl/α,β-unsaturated/α-hetero) is 2. The van der Waals surface area contributed by atoms with Crippen LogP contribution in [-0.2, 0) is 28.7 Å². The van der Waals surface area contributed by atoms with Gasteiger partial charge in [-0.05, 0) is 11.5 Å². The molecular weight excluding hydrogens is 443 g/mol. The van der Waals surface area contributed by atoms with E-state index in [9.17, 15) is 18.8 Å². The SMILES string of the molecule is COCCOC(=O)C[C@H](CC(=O)[C@]1(C(C)C)CC(c2nccc3ccccc23)=NO1)C(=O)CF. The maximum absolute atomic E-state index is 13.5. The van der Waals surface area contributed by atoms with E-state index in [1.807, 2.05) is 44.2 Å². The third kappa shape index (κ3) is 5.47. The second-order valence-corrected chi connectivity index (χ2v) is 8.57. The number of aromatic nitrogens is 1. The third-order valence-corrected chi connectivity index (χ3v) is 6.08. The molecule has 3 rings (SSSR count). The zero-order valence-electron chi connectivity index (χ0n) is 19.6. The molecule has 0 bridgehead atoms. The highest BCUT2D eigenvalue weighted by Crippen LogP contribution is 2.37. The molecule has 0 fully saturated rings. The van der Waals surface area contributed by atoms with Crippen molar-refractivity contribution in [1.82, 2.24) is 4.98 Å². The first kappa shape index (κ1) is 25.4. The Bertz CT molecular complexity index is 1080. The average Bonchev–Trinajstić information content (AvgIpc) is 3.30. The molecule has 0 saturated carbocycles. The van der Waals surface area contributed by atoms with Gasteiger partial charge in [0, 0.05) is 43.4 Å². The fourth-order valence-corrected chi connectivity index (χ4v) is 4.01. The molecule has 0 N–H and O–H groups in total. The molecule has 1 aliphatic rings. The van der Waals surface area contributed by atoms with Crippen molar-refractivity contribution in [3.05, 3.63) is 42.2 Å². The van der Waals surface area contributed by atoms with Crippen molar-refractivity contribution in [2.24, 2.45) is 17.0 Å². The van der Waals surface area contributed by atoms with Crippen molar-refractivity contribution in [2.45, 2.75) is 38.7 Å². The number of benzene rings is 1. The molecule has 8 nitrogen and oxygen atoms in total. The summed E-state index contributed by atoms with van der Waals surface area (Å²) in [5, 5.41) is 6.06. The molecule has 2 aromatic rings. The van der Waals surface area contributed by atoms with Gasteiger partial charge in [0.15, 0.2) is 11.6 Å². The van der Waals surface area contributed by atoms with Gasteiger partial charge in [-0.2, -0.15) is 0 Å².